The van der Waals surface area contributed by atoms with Crippen molar-refractivity contribution < 1.29 is 14.3 Å². The molecule has 0 spiro atoms. The molecule has 1 fully saturated rings. The maximum absolute atomic E-state index is 12.8. The van der Waals surface area contributed by atoms with E-state index in [9.17, 15) is 9.59 Å². The molecule has 2 N–H and O–H groups in total. The average Bonchev–Trinajstić information content (AvgIpc) is 2.77. The zero-order chi connectivity index (χ0) is 20.6. The number of carbonyl (C=O) groups excluding carboxylic acids is 2. The first-order valence-electron chi connectivity index (χ1n) is 10.0. The van der Waals surface area contributed by atoms with Crippen LogP contribution in [0.3, 0.4) is 0 Å². The molecule has 2 heterocycles. The third-order valence-electron chi connectivity index (χ3n) is 5.50. The topological polar surface area (TPSA) is 93.2 Å². The fourth-order valence-corrected chi connectivity index (χ4v) is 3.87. The van der Waals surface area contributed by atoms with Gasteiger partial charge in [-0.2, -0.15) is 0 Å². The maximum atomic E-state index is 12.8. The minimum Gasteiger partial charge on any atom is -0.481 e. The van der Waals surface area contributed by atoms with Gasteiger partial charge in [0.2, 0.25) is 11.8 Å². The first-order valence-corrected chi connectivity index (χ1v) is 10.0. The highest BCUT2D eigenvalue weighted by atomic mass is 16.5. The van der Waals surface area contributed by atoms with Crippen LogP contribution in [0.1, 0.15) is 54.7 Å². The van der Waals surface area contributed by atoms with Gasteiger partial charge in [-0.05, 0) is 55.7 Å². The molecule has 2 amide bonds. The second-order valence-corrected chi connectivity index (χ2v) is 7.51. The quantitative estimate of drug-likeness (QED) is 0.751. The smallest absolute Gasteiger partial charge is 0.253 e. The van der Waals surface area contributed by atoms with Crippen LogP contribution in [0.4, 0.5) is 0 Å². The van der Waals surface area contributed by atoms with Crippen LogP contribution < -0.4 is 15.4 Å². The van der Waals surface area contributed by atoms with Gasteiger partial charge in [0.1, 0.15) is 0 Å². The van der Waals surface area contributed by atoms with Crippen molar-refractivity contribution in [1.82, 2.24) is 20.6 Å². The van der Waals surface area contributed by atoms with E-state index in [1.165, 1.54) is 6.20 Å². The Kier molecular flexibility index (Phi) is 7.16. The maximum Gasteiger partial charge on any atom is 0.253 e. The second-order valence-electron chi connectivity index (χ2n) is 7.51. The molecule has 1 unspecified atom stereocenters. The molecule has 1 atom stereocenters. The summed E-state index contributed by atoms with van der Waals surface area (Å²) in [6.07, 6.45) is 7.28. The van der Waals surface area contributed by atoms with Crippen molar-refractivity contribution >= 4 is 11.8 Å². The fourth-order valence-electron chi connectivity index (χ4n) is 3.87. The summed E-state index contributed by atoms with van der Waals surface area (Å²) < 4.78 is 5.06. The molecule has 1 saturated carbocycles. The van der Waals surface area contributed by atoms with Crippen LogP contribution in [0.2, 0.25) is 0 Å². The lowest BCUT2D eigenvalue weighted by atomic mass is 9.77. The van der Waals surface area contributed by atoms with E-state index in [1.54, 1.807) is 32.4 Å². The second kappa shape index (κ2) is 10.0. The molecule has 0 aromatic carbocycles. The summed E-state index contributed by atoms with van der Waals surface area (Å²) >= 11 is 0. The molecule has 7 heteroatoms. The molecule has 2 aromatic rings. The Bertz CT molecular complexity index is 803. The van der Waals surface area contributed by atoms with Crippen molar-refractivity contribution in [1.29, 1.82) is 0 Å². The third kappa shape index (κ3) is 5.76. The Morgan fingerprint density at radius 1 is 1.14 bits per heavy atom. The molecular weight excluding hydrogens is 368 g/mol. The summed E-state index contributed by atoms with van der Waals surface area (Å²) in [6, 6.07) is 9.01. The Morgan fingerprint density at radius 2 is 1.93 bits per heavy atom. The standard InChI is InChI=1S/C22H28N4O3/c1-15(27)24-13-16-6-8-17(9-7-16)21(19-5-3-4-12-23-19)26-22(28)18-10-11-20(29-2)25-14-18/h3-5,10-12,14,16-17,21H,6-9,13H2,1-2H3,(H,24,27)(H,26,28). The normalized spacial score (nSPS) is 19.8. The molecule has 0 bridgehead atoms. The number of nitrogens with one attached hydrogen (secondary N) is 2. The SMILES string of the molecule is COc1ccc(C(=O)NC(c2ccccn2)C2CCC(CNC(C)=O)CC2)cn1. The summed E-state index contributed by atoms with van der Waals surface area (Å²) in [4.78, 5) is 32.6. The highest BCUT2D eigenvalue weighted by molar-refractivity contribution is 5.94. The molecule has 154 valence electrons. The van der Waals surface area contributed by atoms with E-state index in [4.69, 9.17) is 4.74 Å². The van der Waals surface area contributed by atoms with Gasteiger partial charge >= 0.3 is 0 Å². The molecule has 1 aliphatic rings. The van der Waals surface area contributed by atoms with Crippen LogP contribution in [0.25, 0.3) is 0 Å². The molecule has 29 heavy (non-hydrogen) atoms. The van der Waals surface area contributed by atoms with E-state index in [2.05, 4.69) is 20.6 Å². The largest absolute Gasteiger partial charge is 0.481 e. The van der Waals surface area contributed by atoms with Crippen LogP contribution in [0.5, 0.6) is 5.88 Å². The first kappa shape index (κ1) is 20.8. The molecule has 3 rings (SSSR count). The van der Waals surface area contributed by atoms with Crippen molar-refractivity contribution in [2.45, 2.75) is 38.6 Å². The zero-order valence-corrected chi connectivity index (χ0v) is 16.9. The minimum absolute atomic E-state index is 0.0128. The first-order chi connectivity index (χ1) is 14.1. The van der Waals surface area contributed by atoms with Crippen molar-refractivity contribution in [2.75, 3.05) is 13.7 Å². The van der Waals surface area contributed by atoms with Gasteiger partial charge in [-0.15, -0.1) is 0 Å². The minimum atomic E-state index is -0.170. The zero-order valence-electron chi connectivity index (χ0n) is 16.9. The van der Waals surface area contributed by atoms with Gasteiger partial charge in [0.25, 0.3) is 5.91 Å². The third-order valence-corrected chi connectivity index (χ3v) is 5.50. The number of ether oxygens (including phenoxy) is 1. The van der Waals surface area contributed by atoms with Gasteiger partial charge < -0.3 is 15.4 Å². The van der Waals surface area contributed by atoms with Crippen LogP contribution in [-0.4, -0.2) is 35.4 Å². The van der Waals surface area contributed by atoms with E-state index >= 15 is 0 Å². The summed E-state index contributed by atoms with van der Waals surface area (Å²) in [5.41, 5.74) is 1.36. The number of nitrogens with zero attached hydrogens (tertiary/aromatic N) is 2. The monoisotopic (exact) mass is 396 g/mol. The molecule has 1 aliphatic carbocycles. The highest BCUT2D eigenvalue weighted by Crippen LogP contribution is 2.36. The molecule has 0 saturated heterocycles. The number of amides is 2. The van der Waals surface area contributed by atoms with Crippen LogP contribution in [0.15, 0.2) is 42.7 Å². The van der Waals surface area contributed by atoms with E-state index in [-0.39, 0.29) is 17.9 Å². The Balaban J connectivity index is 1.69. The molecule has 0 aliphatic heterocycles. The van der Waals surface area contributed by atoms with Crippen LogP contribution in [0, 0.1) is 11.8 Å². The lowest BCUT2D eigenvalue weighted by molar-refractivity contribution is -0.119. The van der Waals surface area contributed by atoms with E-state index in [0.717, 1.165) is 37.9 Å². The predicted molar refractivity (Wildman–Crippen MR) is 109 cm³/mol. The highest BCUT2D eigenvalue weighted by Gasteiger charge is 2.30. The fraction of sp³-hybridized carbons (Fsp3) is 0.455. The van der Waals surface area contributed by atoms with Crippen molar-refractivity contribution in [2.24, 2.45) is 11.8 Å². The molecule has 7 nitrogen and oxygen atoms in total. The Morgan fingerprint density at radius 3 is 2.52 bits per heavy atom. The number of aromatic nitrogens is 2. The van der Waals surface area contributed by atoms with Crippen LogP contribution in [-0.2, 0) is 4.79 Å². The van der Waals surface area contributed by atoms with Gasteiger partial charge in [-0.25, -0.2) is 4.98 Å². The summed E-state index contributed by atoms with van der Waals surface area (Å²) in [5.74, 6) is 1.10. The van der Waals surface area contributed by atoms with Gasteiger partial charge in [-0.3, -0.25) is 14.6 Å². The van der Waals surface area contributed by atoms with Crippen LogP contribution >= 0.6 is 0 Å². The molecule has 2 aromatic heterocycles. The van der Waals surface area contributed by atoms with E-state index in [1.807, 2.05) is 18.2 Å². The Labute approximate surface area is 171 Å². The number of carbonyl (C=O) groups is 2. The number of hydrogen-bond acceptors (Lipinski definition) is 5. The Hall–Kier alpha value is -2.96. The lowest BCUT2D eigenvalue weighted by Gasteiger charge is -2.34. The van der Waals surface area contributed by atoms with Gasteiger partial charge in [-0.1, -0.05) is 6.07 Å². The van der Waals surface area contributed by atoms with Gasteiger partial charge in [0.05, 0.1) is 24.4 Å². The van der Waals surface area contributed by atoms with Gasteiger partial charge in [0.15, 0.2) is 0 Å². The number of pyridine rings is 2. The number of rotatable bonds is 7. The van der Waals surface area contributed by atoms with Crippen molar-refractivity contribution in [3.63, 3.8) is 0 Å². The van der Waals surface area contributed by atoms with E-state index in [0.29, 0.717) is 23.3 Å². The number of hydrogen-bond donors (Lipinski definition) is 2. The number of methoxy groups -OCH3 is 1. The molecular formula is C22H28N4O3. The van der Waals surface area contributed by atoms with Crippen molar-refractivity contribution in [3.8, 4) is 5.88 Å². The van der Waals surface area contributed by atoms with Crippen molar-refractivity contribution in [3.05, 3.63) is 54.0 Å². The summed E-state index contributed by atoms with van der Waals surface area (Å²) in [5, 5.41) is 6.09. The summed E-state index contributed by atoms with van der Waals surface area (Å²) in [7, 11) is 1.54. The molecule has 0 radical (unpaired) electrons. The predicted octanol–water partition coefficient (Wildman–Crippen LogP) is 2.90. The average molecular weight is 396 g/mol. The lowest BCUT2D eigenvalue weighted by Crippen LogP contribution is -2.37. The van der Waals surface area contributed by atoms with Gasteiger partial charge in [0, 0.05) is 31.9 Å². The summed E-state index contributed by atoms with van der Waals surface area (Å²) in [6.45, 7) is 2.27. The van der Waals surface area contributed by atoms with E-state index < -0.39 is 0 Å².